The molecule has 0 bridgehead atoms. The number of amidine groups is 1. The lowest BCUT2D eigenvalue weighted by Crippen LogP contribution is -2.28. The molecule has 2 aromatic carbocycles. The Balaban J connectivity index is 1.62. The Morgan fingerprint density at radius 2 is 1.96 bits per heavy atom. The van der Waals surface area contributed by atoms with Crippen LogP contribution in [0.2, 0.25) is 5.02 Å². The van der Waals surface area contributed by atoms with Crippen molar-refractivity contribution in [2.24, 2.45) is 4.99 Å². The van der Waals surface area contributed by atoms with Crippen molar-refractivity contribution in [2.75, 3.05) is 5.32 Å². The van der Waals surface area contributed by atoms with Crippen molar-refractivity contribution in [1.29, 1.82) is 0 Å². The molecule has 1 unspecified atom stereocenters. The third-order valence-corrected chi connectivity index (χ3v) is 5.19. The second-order valence-corrected chi connectivity index (χ2v) is 7.69. The highest BCUT2D eigenvalue weighted by Crippen LogP contribution is 2.26. The average Bonchev–Trinajstić information content (AvgIpc) is 2.91. The summed E-state index contributed by atoms with van der Waals surface area (Å²) in [6.07, 6.45) is 0.0868. The summed E-state index contributed by atoms with van der Waals surface area (Å²) in [5.74, 6) is -0.407. The SMILES string of the molecule is Cc1ccc(NC(=O)CC2SC(=Nc3ccc(Cl)cc3)NC2=O)c(C)c1. The van der Waals surface area contributed by atoms with Gasteiger partial charge in [-0.1, -0.05) is 41.1 Å². The standard InChI is InChI=1S/C19H18ClN3O2S/c1-11-3-8-15(12(2)9-11)22-17(24)10-16-18(25)23-19(26-16)21-14-6-4-13(20)5-7-14/h3-9,16H,10H2,1-2H3,(H,22,24)(H,21,23,25). The maximum atomic E-state index is 12.3. The highest BCUT2D eigenvalue weighted by atomic mass is 35.5. The van der Waals surface area contributed by atoms with Crippen LogP contribution in [-0.2, 0) is 9.59 Å². The molecule has 5 nitrogen and oxygen atoms in total. The van der Waals surface area contributed by atoms with E-state index in [4.69, 9.17) is 11.6 Å². The number of hydrogen-bond acceptors (Lipinski definition) is 4. The van der Waals surface area contributed by atoms with Crippen molar-refractivity contribution in [3.8, 4) is 0 Å². The van der Waals surface area contributed by atoms with E-state index in [2.05, 4.69) is 15.6 Å². The third kappa shape index (κ3) is 4.65. The Bertz CT molecular complexity index is 881. The zero-order chi connectivity index (χ0) is 18.7. The summed E-state index contributed by atoms with van der Waals surface area (Å²) < 4.78 is 0. The molecule has 1 aliphatic rings. The predicted octanol–water partition coefficient (Wildman–Crippen LogP) is 4.20. The molecule has 1 aliphatic heterocycles. The summed E-state index contributed by atoms with van der Waals surface area (Å²) >= 11 is 7.11. The highest BCUT2D eigenvalue weighted by molar-refractivity contribution is 8.15. The van der Waals surface area contributed by atoms with Crippen LogP contribution in [0.1, 0.15) is 17.5 Å². The molecule has 2 aromatic rings. The topological polar surface area (TPSA) is 70.6 Å². The van der Waals surface area contributed by atoms with Gasteiger partial charge in [0.1, 0.15) is 5.25 Å². The second-order valence-electron chi connectivity index (χ2n) is 6.06. The van der Waals surface area contributed by atoms with E-state index >= 15 is 0 Å². The summed E-state index contributed by atoms with van der Waals surface area (Å²) in [4.78, 5) is 28.8. The van der Waals surface area contributed by atoms with Gasteiger partial charge in [0.05, 0.1) is 5.69 Å². The molecule has 1 saturated heterocycles. The Morgan fingerprint density at radius 3 is 2.65 bits per heavy atom. The minimum absolute atomic E-state index is 0.0868. The Kier molecular flexibility index (Phi) is 5.64. The summed E-state index contributed by atoms with van der Waals surface area (Å²) in [7, 11) is 0. The monoisotopic (exact) mass is 387 g/mol. The van der Waals surface area contributed by atoms with Crippen molar-refractivity contribution in [2.45, 2.75) is 25.5 Å². The fraction of sp³-hybridized carbons (Fsp3) is 0.211. The number of benzene rings is 2. The maximum Gasteiger partial charge on any atom is 0.240 e. The highest BCUT2D eigenvalue weighted by Gasteiger charge is 2.32. The third-order valence-electron chi connectivity index (χ3n) is 3.86. The predicted molar refractivity (Wildman–Crippen MR) is 107 cm³/mol. The van der Waals surface area contributed by atoms with E-state index in [1.807, 2.05) is 32.0 Å². The van der Waals surface area contributed by atoms with Crippen LogP contribution in [0.5, 0.6) is 0 Å². The Morgan fingerprint density at radius 1 is 1.23 bits per heavy atom. The summed E-state index contributed by atoms with van der Waals surface area (Å²) in [6, 6.07) is 12.8. The van der Waals surface area contributed by atoms with Crippen LogP contribution in [0.3, 0.4) is 0 Å². The van der Waals surface area contributed by atoms with Crippen LogP contribution in [0.15, 0.2) is 47.5 Å². The van der Waals surface area contributed by atoms with Gasteiger partial charge in [0.25, 0.3) is 0 Å². The molecule has 2 N–H and O–H groups in total. The first kappa shape index (κ1) is 18.5. The van der Waals surface area contributed by atoms with Crippen LogP contribution in [-0.4, -0.2) is 22.2 Å². The number of nitrogens with one attached hydrogen (secondary N) is 2. The van der Waals surface area contributed by atoms with E-state index in [0.29, 0.717) is 15.9 Å². The number of hydrogen-bond donors (Lipinski definition) is 2. The molecule has 26 heavy (non-hydrogen) atoms. The first-order chi connectivity index (χ1) is 12.4. The number of anilines is 1. The van der Waals surface area contributed by atoms with Crippen LogP contribution in [0.25, 0.3) is 0 Å². The van der Waals surface area contributed by atoms with E-state index < -0.39 is 5.25 Å². The van der Waals surface area contributed by atoms with Crippen LogP contribution in [0.4, 0.5) is 11.4 Å². The van der Waals surface area contributed by atoms with E-state index in [1.54, 1.807) is 24.3 Å². The lowest BCUT2D eigenvalue weighted by atomic mass is 10.1. The molecule has 1 fully saturated rings. The van der Waals surface area contributed by atoms with Gasteiger partial charge in [0.15, 0.2) is 5.17 Å². The van der Waals surface area contributed by atoms with E-state index in [1.165, 1.54) is 11.8 Å². The fourth-order valence-electron chi connectivity index (χ4n) is 2.55. The molecule has 0 aliphatic carbocycles. The summed E-state index contributed by atoms with van der Waals surface area (Å²) in [6.45, 7) is 3.94. The average molecular weight is 388 g/mol. The van der Waals surface area contributed by atoms with Crippen LogP contribution in [0, 0.1) is 13.8 Å². The van der Waals surface area contributed by atoms with E-state index in [-0.39, 0.29) is 18.2 Å². The molecule has 1 heterocycles. The number of nitrogens with zero attached hydrogens (tertiary/aromatic N) is 1. The van der Waals surface area contributed by atoms with Crippen LogP contribution < -0.4 is 10.6 Å². The van der Waals surface area contributed by atoms with Gasteiger partial charge < -0.3 is 10.6 Å². The van der Waals surface area contributed by atoms with Gasteiger partial charge in [-0.2, -0.15) is 0 Å². The molecule has 0 aromatic heterocycles. The summed E-state index contributed by atoms with van der Waals surface area (Å²) in [5, 5.41) is 6.20. The van der Waals surface area contributed by atoms with Gasteiger partial charge in [-0.15, -0.1) is 0 Å². The molecule has 1 atom stereocenters. The lowest BCUT2D eigenvalue weighted by molar-refractivity contribution is -0.122. The number of amides is 2. The zero-order valence-electron chi connectivity index (χ0n) is 14.4. The Labute approximate surface area is 161 Å². The molecule has 2 amide bonds. The molecule has 134 valence electrons. The van der Waals surface area contributed by atoms with Gasteiger partial charge in [-0.05, 0) is 49.7 Å². The minimum atomic E-state index is -0.494. The van der Waals surface area contributed by atoms with Gasteiger partial charge in [0, 0.05) is 17.1 Å². The van der Waals surface area contributed by atoms with Crippen molar-refractivity contribution >= 4 is 51.7 Å². The molecular weight excluding hydrogens is 370 g/mol. The van der Waals surface area contributed by atoms with E-state index in [0.717, 1.165) is 16.8 Å². The molecule has 3 rings (SSSR count). The second kappa shape index (κ2) is 7.93. The number of thioether (sulfide) groups is 1. The summed E-state index contributed by atoms with van der Waals surface area (Å²) in [5.41, 5.74) is 3.58. The maximum absolute atomic E-state index is 12.3. The Hall–Kier alpha value is -2.31. The fourth-order valence-corrected chi connectivity index (χ4v) is 3.66. The lowest BCUT2D eigenvalue weighted by Gasteiger charge is -2.10. The molecule has 7 heteroatoms. The number of carbonyl (C=O) groups excluding carboxylic acids is 2. The molecular formula is C19H18ClN3O2S. The van der Waals surface area contributed by atoms with Crippen molar-refractivity contribution in [3.63, 3.8) is 0 Å². The van der Waals surface area contributed by atoms with E-state index in [9.17, 15) is 9.59 Å². The number of aryl methyl sites for hydroxylation is 2. The van der Waals surface area contributed by atoms with Gasteiger partial charge >= 0.3 is 0 Å². The van der Waals surface area contributed by atoms with Gasteiger partial charge in [-0.3, -0.25) is 9.59 Å². The normalized spacial score (nSPS) is 18.0. The molecule has 0 radical (unpaired) electrons. The van der Waals surface area contributed by atoms with Crippen molar-refractivity contribution in [3.05, 3.63) is 58.6 Å². The first-order valence-corrected chi connectivity index (χ1v) is 9.35. The van der Waals surface area contributed by atoms with Crippen molar-refractivity contribution < 1.29 is 9.59 Å². The zero-order valence-corrected chi connectivity index (χ0v) is 15.9. The quantitative estimate of drug-likeness (QED) is 0.825. The van der Waals surface area contributed by atoms with Crippen molar-refractivity contribution in [1.82, 2.24) is 5.32 Å². The smallest absolute Gasteiger partial charge is 0.240 e. The first-order valence-electron chi connectivity index (χ1n) is 8.09. The number of rotatable bonds is 4. The minimum Gasteiger partial charge on any atom is -0.326 e. The van der Waals surface area contributed by atoms with Gasteiger partial charge in [-0.25, -0.2) is 4.99 Å². The van der Waals surface area contributed by atoms with Gasteiger partial charge in [0.2, 0.25) is 11.8 Å². The van der Waals surface area contributed by atoms with Crippen LogP contribution >= 0.6 is 23.4 Å². The number of halogens is 1. The number of aliphatic imine (C=N–C) groups is 1. The molecule has 0 saturated carbocycles. The number of carbonyl (C=O) groups is 2. The largest absolute Gasteiger partial charge is 0.326 e. The molecule has 0 spiro atoms.